The third-order valence-electron chi connectivity index (χ3n) is 4.83. The van der Waals surface area contributed by atoms with Crippen LogP contribution in [0.4, 0.5) is 0 Å². The van der Waals surface area contributed by atoms with Crippen molar-refractivity contribution in [2.45, 2.75) is 45.8 Å². The SMILES string of the molecule is Cc1cc(C(=O)N(CCC(=O)NCc2cccnc2)C[C@H]2CCCO2)c(C)o1. The van der Waals surface area contributed by atoms with Crippen LogP contribution in [-0.2, 0) is 16.1 Å². The molecule has 2 aromatic rings. The highest BCUT2D eigenvalue weighted by Gasteiger charge is 2.26. The average Bonchev–Trinajstić information content (AvgIpc) is 3.32. The van der Waals surface area contributed by atoms with E-state index in [1.54, 1.807) is 30.3 Å². The van der Waals surface area contributed by atoms with Crippen molar-refractivity contribution in [2.75, 3.05) is 19.7 Å². The number of nitrogens with one attached hydrogen (secondary N) is 1. The van der Waals surface area contributed by atoms with Crippen LogP contribution in [0.25, 0.3) is 0 Å². The molecule has 1 saturated heterocycles. The van der Waals surface area contributed by atoms with Crippen LogP contribution in [0.1, 0.15) is 46.7 Å². The first-order chi connectivity index (χ1) is 13.5. The van der Waals surface area contributed by atoms with E-state index < -0.39 is 0 Å². The molecule has 3 rings (SSSR count). The molecule has 0 aromatic carbocycles. The summed E-state index contributed by atoms with van der Waals surface area (Å²) in [6.07, 6.45) is 5.60. The van der Waals surface area contributed by atoms with Gasteiger partial charge < -0.3 is 19.4 Å². The molecule has 0 unspecified atom stereocenters. The Kier molecular flexibility index (Phi) is 6.81. The maximum absolute atomic E-state index is 13.0. The van der Waals surface area contributed by atoms with Crippen LogP contribution in [-0.4, -0.2) is 47.5 Å². The first-order valence-electron chi connectivity index (χ1n) is 9.66. The highest BCUT2D eigenvalue weighted by atomic mass is 16.5. The number of hydrogen-bond acceptors (Lipinski definition) is 5. The maximum atomic E-state index is 13.0. The van der Waals surface area contributed by atoms with Crippen molar-refractivity contribution in [3.63, 3.8) is 0 Å². The molecule has 0 radical (unpaired) electrons. The van der Waals surface area contributed by atoms with Gasteiger partial charge in [-0.1, -0.05) is 6.07 Å². The molecule has 7 heteroatoms. The lowest BCUT2D eigenvalue weighted by Crippen LogP contribution is -2.40. The lowest BCUT2D eigenvalue weighted by molar-refractivity contribution is -0.121. The third-order valence-corrected chi connectivity index (χ3v) is 4.83. The molecule has 3 heterocycles. The Morgan fingerprint density at radius 2 is 2.21 bits per heavy atom. The minimum atomic E-state index is -0.120. The van der Waals surface area contributed by atoms with Crippen molar-refractivity contribution >= 4 is 11.8 Å². The van der Waals surface area contributed by atoms with E-state index in [2.05, 4.69) is 10.3 Å². The van der Waals surface area contributed by atoms with Crippen LogP contribution in [0, 0.1) is 13.8 Å². The first-order valence-corrected chi connectivity index (χ1v) is 9.66. The molecule has 0 aliphatic carbocycles. The number of hydrogen-bond donors (Lipinski definition) is 1. The molecule has 1 atom stereocenters. The third kappa shape index (κ3) is 5.42. The Balaban J connectivity index is 1.59. The molecule has 28 heavy (non-hydrogen) atoms. The van der Waals surface area contributed by atoms with E-state index in [0.717, 1.165) is 25.0 Å². The Morgan fingerprint density at radius 3 is 2.86 bits per heavy atom. The van der Waals surface area contributed by atoms with Gasteiger partial charge in [0.25, 0.3) is 5.91 Å². The van der Waals surface area contributed by atoms with E-state index in [-0.39, 0.29) is 24.3 Å². The normalized spacial score (nSPS) is 16.1. The summed E-state index contributed by atoms with van der Waals surface area (Å²) in [6, 6.07) is 5.49. The van der Waals surface area contributed by atoms with Gasteiger partial charge in [0, 0.05) is 45.1 Å². The molecule has 2 aromatic heterocycles. The number of aromatic nitrogens is 1. The van der Waals surface area contributed by atoms with Gasteiger partial charge in [-0.15, -0.1) is 0 Å². The van der Waals surface area contributed by atoms with Crippen LogP contribution >= 0.6 is 0 Å². The van der Waals surface area contributed by atoms with E-state index in [1.165, 1.54) is 0 Å². The van der Waals surface area contributed by atoms with Gasteiger partial charge in [-0.05, 0) is 44.4 Å². The summed E-state index contributed by atoms with van der Waals surface area (Å²) in [6.45, 7) is 5.57. The molecule has 7 nitrogen and oxygen atoms in total. The van der Waals surface area contributed by atoms with E-state index in [1.807, 2.05) is 19.1 Å². The molecular weight excluding hydrogens is 358 g/mol. The fourth-order valence-electron chi connectivity index (χ4n) is 3.35. The molecule has 0 spiro atoms. The molecule has 150 valence electrons. The average molecular weight is 385 g/mol. The smallest absolute Gasteiger partial charge is 0.257 e. The lowest BCUT2D eigenvalue weighted by atomic mass is 10.1. The first kappa shape index (κ1) is 20.1. The van der Waals surface area contributed by atoms with E-state index >= 15 is 0 Å². The zero-order valence-electron chi connectivity index (χ0n) is 16.4. The van der Waals surface area contributed by atoms with Gasteiger partial charge in [0.05, 0.1) is 11.7 Å². The number of aryl methyl sites for hydroxylation is 2. The summed E-state index contributed by atoms with van der Waals surface area (Å²) in [5, 5.41) is 2.88. The molecule has 1 aliphatic heterocycles. The number of nitrogens with zero attached hydrogens (tertiary/aromatic N) is 2. The van der Waals surface area contributed by atoms with Crippen LogP contribution in [0.15, 0.2) is 35.0 Å². The second-order valence-electron chi connectivity index (χ2n) is 7.10. The standard InChI is InChI=1S/C21H27N3O4/c1-15-11-19(16(2)28-15)21(26)24(14-18-6-4-10-27-18)9-7-20(25)23-13-17-5-3-8-22-12-17/h3,5,8,11-12,18H,4,6-7,9-10,13-14H2,1-2H3,(H,23,25)/t18-/m1/s1. The Bertz CT molecular complexity index is 797. The summed E-state index contributed by atoms with van der Waals surface area (Å²) >= 11 is 0. The summed E-state index contributed by atoms with van der Waals surface area (Å²) < 4.78 is 11.2. The highest BCUT2D eigenvalue weighted by molar-refractivity contribution is 5.95. The van der Waals surface area contributed by atoms with Gasteiger partial charge in [0.2, 0.25) is 5.91 Å². The minimum absolute atomic E-state index is 0.0238. The van der Waals surface area contributed by atoms with Crippen LogP contribution in [0.3, 0.4) is 0 Å². The van der Waals surface area contributed by atoms with E-state index in [4.69, 9.17) is 9.15 Å². The molecule has 2 amide bonds. The quantitative estimate of drug-likeness (QED) is 0.755. The summed E-state index contributed by atoms with van der Waals surface area (Å²) in [5.41, 5.74) is 1.49. The Morgan fingerprint density at radius 1 is 1.36 bits per heavy atom. The number of amides is 2. The largest absolute Gasteiger partial charge is 0.466 e. The van der Waals surface area contributed by atoms with Crippen molar-refractivity contribution in [2.24, 2.45) is 0 Å². The zero-order chi connectivity index (χ0) is 19.9. The lowest BCUT2D eigenvalue weighted by Gasteiger charge is -2.25. The van der Waals surface area contributed by atoms with Crippen LogP contribution in [0.5, 0.6) is 0 Å². The second kappa shape index (κ2) is 9.50. The predicted octanol–water partition coefficient (Wildman–Crippen LogP) is 2.62. The summed E-state index contributed by atoms with van der Waals surface area (Å²) in [7, 11) is 0. The van der Waals surface area contributed by atoms with Gasteiger partial charge in [-0.25, -0.2) is 0 Å². The summed E-state index contributed by atoms with van der Waals surface area (Å²) in [5.74, 6) is 1.08. The van der Waals surface area contributed by atoms with Gasteiger partial charge in [-0.3, -0.25) is 14.6 Å². The van der Waals surface area contributed by atoms with Crippen molar-refractivity contribution < 1.29 is 18.7 Å². The zero-order valence-corrected chi connectivity index (χ0v) is 16.4. The van der Waals surface area contributed by atoms with Gasteiger partial charge in [0.15, 0.2) is 0 Å². The molecule has 0 bridgehead atoms. The number of rotatable bonds is 8. The van der Waals surface area contributed by atoms with Crippen LogP contribution < -0.4 is 5.32 Å². The number of ether oxygens (including phenoxy) is 1. The van der Waals surface area contributed by atoms with Crippen LogP contribution in [0.2, 0.25) is 0 Å². The van der Waals surface area contributed by atoms with Gasteiger partial charge >= 0.3 is 0 Å². The van der Waals surface area contributed by atoms with Gasteiger partial charge in [0.1, 0.15) is 11.5 Å². The van der Waals surface area contributed by atoms with E-state index in [0.29, 0.717) is 36.7 Å². The van der Waals surface area contributed by atoms with E-state index in [9.17, 15) is 9.59 Å². The molecule has 1 N–H and O–H groups in total. The highest BCUT2D eigenvalue weighted by Crippen LogP contribution is 2.19. The number of carbonyl (C=O) groups is 2. The number of furan rings is 1. The van der Waals surface area contributed by atoms with Crippen molar-refractivity contribution in [3.05, 3.63) is 53.2 Å². The van der Waals surface area contributed by atoms with Gasteiger partial charge in [-0.2, -0.15) is 0 Å². The molecule has 0 saturated carbocycles. The predicted molar refractivity (Wildman–Crippen MR) is 104 cm³/mol. The number of carbonyl (C=O) groups excluding carboxylic acids is 2. The monoisotopic (exact) mass is 385 g/mol. The van der Waals surface area contributed by atoms with Crippen molar-refractivity contribution in [1.29, 1.82) is 0 Å². The topological polar surface area (TPSA) is 84.7 Å². The Labute approximate surface area is 165 Å². The molecule has 1 aliphatic rings. The molecular formula is C21H27N3O4. The Hall–Kier alpha value is -2.67. The maximum Gasteiger partial charge on any atom is 0.257 e. The number of pyridine rings is 1. The van der Waals surface area contributed by atoms with Crippen molar-refractivity contribution in [3.8, 4) is 0 Å². The second-order valence-corrected chi connectivity index (χ2v) is 7.10. The fourth-order valence-corrected chi connectivity index (χ4v) is 3.35. The summed E-state index contributed by atoms with van der Waals surface area (Å²) in [4.78, 5) is 31.0. The minimum Gasteiger partial charge on any atom is -0.466 e. The fraction of sp³-hybridized carbons (Fsp3) is 0.476. The molecule has 1 fully saturated rings. The van der Waals surface area contributed by atoms with Crippen molar-refractivity contribution in [1.82, 2.24) is 15.2 Å².